The molecule has 1 aromatic heterocycles. The average Bonchev–Trinajstić information content (AvgIpc) is 2.88. The highest BCUT2D eigenvalue weighted by Crippen LogP contribution is 2.31. The number of rotatable bonds is 4. The van der Waals surface area contributed by atoms with Gasteiger partial charge in [-0.2, -0.15) is 11.8 Å². The molecule has 1 aromatic rings. The van der Waals surface area contributed by atoms with Crippen LogP contribution in [0.25, 0.3) is 0 Å². The van der Waals surface area contributed by atoms with Crippen molar-refractivity contribution in [3.8, 4) is 0 Å². The second kappa shape index (κ2) is 5.67. The highest BCUT2D eigenvalue weighted by atomic mass is 35.5. The van der Waals surface area contributed by atoms with Gasteiger partial charge < -0.3 is 0 Å². The van der Waals surface area contributed by atoms with Gasteiger partial charge in [-0.15, -0.1) is 5.10 Å². The van der Waals surface area contributed by atoms with E-state index < -0.39 is 0 Å². The van der Waals surface area contributed by atoms with Gasteiger partial charge in [0.1, 0.15) is 10.0 Å². The minimum absolute atomic E-state index is 0.676. The van der Waals surface area contributed by atoms with Gasteiger partial charge in [0.25, 0.3) is 0 Å². The lowest BCUT2D eigenvalue weighted by Crippen LogP contribution is -2.29. The first-order chi connectivity index (χ1) is 7.70. The first-order valence-electron chi connectivity index (χ1n) is 5.40. The topological polar surface area (TPSA) is 29.0 Å². The van der Waals surface area contributed by atoms with Gasteiger partial charge in [-0.25, -0.2) is 0 Å². The highest BCUT2D eigenvalue weighted by molar-refractivity contribution is 7.99. The Labute approximate surface area is 110 Å². The maximum absolute atomic E-state index is 6.01. The van der Waals surface area contributed by atoms with Crippen molar-refractivity contribution in [3.63, 3.8) is 0 Å². The third-order valence-corrected chi connectivity index (χ3v) is 5.30. The van der Waals surface area contributed by atoms with E-state index in [4.69, 9.17) is 11.6 Å². The fraction of sp³-hybridized carbons (Fsp3) is 0.800. The van der Waals surface area contributed by atoms with Crippen molar-refractivity contribution in [2.75, 3.05) is 13.3 Å². The lowest BCUT2D eigenvalue weighted by atomic mass is 10.2. The van der Waals surface area contributed by atoms with Crippen LogP contribution >= 0.6 is 34.9 Å². The lowest BCUT2D eigenvalue weighted by molar-refractivity contribution is 0.235. The van der Waals surface area contributed by atoms with Gasteiger partial charge in [-0.05, 0) is 32.6 Å². The molecule has 3 nitrogen and oxygen atoms in total. The first kappa shape index (κ1) is 12.6. The van der Waals surface area contributed by atoms with E-state index in [1.165, 1.54) is 30.8 Å². The molecule has 6 heteroatoms. The molecular formula is C10H16ClN3S2. The summed E-state index contributed by atoms with van der Waals surface area (Å²) in [6.07, 6.45) is 6.11. The summed E-state index contributed by atoms with van der Waals surface area (Å²) in [6.45, 7) is 0.821. The molecule has 90 valence electrons. The molecule has 0 radical (unpaired) electrons. The molecule has 1 heterocycles. The quantitative estimate of drug-likeness (QED) is 0.846. The van der Waals surface area contributed by atoms with Crippen LogP contribution in [0.5, 0.6) is 0 Å². The predicted molar refractivity (Wildman–Crippen MR) is 71.3 cm³/mol. The fourth-order valence-corrected chi connectivity index (χ4v) is 3.59. The van der Waals surface area contributed by atoms with Crippen molar-refractivity contribution >= 4 is 34.9 Å². The minimum Gasteiger partial charge on any atom is -0.297 e. The van der Waals surface area contributed by atoms with Gasteiger partial charge in [0.05, 0.1) is 0 Å². The Kier molecular flexibility index (Phi) is 4.47. The smallest absolute Gasteiger partial charge is 0.138 e. The van der Waals surface area contributed by atoms with Crippen molar-refractivity contribution in [2.24, 2.45) is 0 Å². The number of aromatic nitrogens is 2. The van der Waals surface area contributed by atoms with E-state index in [9.17, 15) is 0 Å². The van der Waals surface area contributed by atoms with E-state index in [0.717, 1.165) is 21.8 Å². The third kappa shape index (κ3) is 2.88. The summed E-state index contributed by atoms with van der Waals surface area (Å²) in [5.41, 5.74) is 0.918. The number of nitrogens with zero attached hydrogens (tertiary/aromatic N) is 3. The van der Waals surface area contributed by atoms with E-state index >= 15 is 0 Å². The Morgan fingerprint density at radius 1 is 1.56 bits per heavy atom. The maximum atomic E-state index is 6.01. The Hall–Kier alpha value is 0.160. The average molecular weight is 278 g/mol. The van der Waals surface area contributed by atoms with E-state index in [1.807, 2.05) is 11.8 Å². The normalized spacial score (nSPS) is 25.5. The van der Waals surface area contributed by atoms with Gasteiger partial charge in [-0.1, -0.05) is 16.1 Å². The van der Waals surface area contributed by atoms with Crippen molar-refractivity contribution in [2.45, 2.75) is 37.1 Å². The van der Waals surface area contributed by atoms with Crippen LogP contribution < -0.4 is 0 Å². The standard InChI is InChI=1S/C10H16ClN3S2/c1-14(6-9-10(11)16-13-12-9)7-3-4-8(5-7)15-2/h7-8H,3-6H2,1-2H3/t7-,8+/m1/s1. The SMILES string of the molecule is CS[C@H]1CC[C@@H](N(C)Cc2nnsc2Cl)C1. The van der Waals surface area contributed by atoms with Crippen LogP contribution in [0.15, 0.2) is 0 Å². The van der Waals surface area contributed by atoms with Gasteiger partial charge >= 0.3 is 0 Å². The Morgan fingerprint density at radius 2 is 2.38 bits per heavy atom. The molecule has 1 saturated carbocycles. The number of halogens is 1. The largest absolute Gasteiger partial charge is 0.297 e. The molecule has 0 aromatic carbocycles. The van der Waals surface area contributed by atoms with Crippen molar-refractivity contribution in [3.05, 3.63) is 10.0 Å². The van der Waals surface area contributed by atoms with E-state index in [-0.39, 0.29) is 0 Å². The van der Waals surface area contributed by atoms with Gasteiger partial charge in [-0.3, -0.25) is 4.90 Å². The summed E-state index contributed by atoms with van der Waals surface area (Å²) < 4.78 is 4.59. The van der Waals surface area contributed by atoms with Crippen LogP contribution in [-0.2, 0) is 6.54 Å². The lowest BCUT2D eigenvalue weighted by Gasteiger charge is -2.23. The second-order valence-electron chi connectivity index (χ2n) is 4.23. The van der Waals surface area contributed by atoms with Crippen LogP contribution in [0.2, 0.25) is 4.34 Å². The fourth-order valence-electron chi connectivity index (χ4n) is 2.19. The highest BCUT2D eigenvalue weighted by Gasteiger charge is 2.27. The van der Waals surface area contributed by atoms with Crippen molar-refractivity contribution in [1.82, 2.24) is 14.5 Å². The summed E-state index contributed by atoms with van der Waals surface area (Å²) in [5, 5.41) is 4.89. The summed E-state index contributed by atoms with van der Waals surface area (Å²) in [6, 6.07) is 0.676. The molecule has 0 saturated heterocycles. The first-order valence-corrected chi connectivity index (χ1v) is 7.84. The Morgan fingerprint density at radius 3 is 2.94 bits per heavy atom. The van der Waals surface area contributed by atoms with Crippen LogP contribution in [0, 0.1) is 0 Å². The molecule has 0 N–H and O–H groups in total. The van der Waals surface area contributed by atoms with E-state index in [0.29, 0.717) is 6.04 Å². The summed E-state index contributed by atoms with van der Waals surface area (Å²) in [7, 11) is 2.16. The Balaban J connectivity index is 1.89. The van der Waals surface area contributed by atoms with Gasteiger partial charge in [0.2, 0.25) is 0 Å². The van der Waals surface area contributed by atoms with E-state index in [1.54, 1.807) is 0 Å². The number of hydrogen-bond acceptors (Lipinski definition) is 5. The predicted octanol–water partition coefficient (Wildman–Crippen LogP) is 2.91. The van der Waals surface area contributed by atoms with Crippen LogP contribution in [-0.4, -0.2) is 39.1 Å². The zero-order valence-corrected chi connectivity index (χ0v) is 11.9. The summed E-state index contributed by atoms with van der Waals surface area (Å²) in [4.78, 5) is 2.36. The summed E-state index contributed by atoms with van der Waals surface area (Å²) >= 11 is 9.26. The monoisotopic (exact) mass is 277 g/mol. The molecule has 2 atom stereocenters. The molecule has 1 aliphatic carbocycles. The van der Waals surface area contributed by atoms with Crippen LogP contribution in [0.1, 0.15) is 25.0 Å². The van der Waals surface area contributed by atoms with E-state index in [2.05, 4.69) is 27.8 Å². The minimum atomic E-state index is 0.676. The van der Waals surface area contributed by atoms with Crippen molar-refractivity contribution < 1.29 is 0 Å². The van der Waals surface area contributed by atoms with Crippen molar-refractivity contribution in [1.29, 1.82) is 0 Å². The molecular weight excluding hydrogens is 262 g/mol. The third-order valence-electron chi connectivity index (χ3n) is 3.22. The second-order valence-corrected chi connectivity index (χ2v) is 6.73. The molecule has 0 aliphatic heterocycles. The molecule has 0 unspecified atom stereocenters. The maximum Gasteiger partial charge on any atom is 0.138 e. The number of hydrogen-bond donors (Lipinski definition) is 0. The summed E-state index contributed by atoms with van der Waals surface area (Å²) in [5.74, 6) is 0. The Bertz CT molecular complexity index is 345. The molecule has 2 rings (SSSR count). The molecule has 0 bridgehead atoms. The molecule has 16 heavy (non-hydrogen) atoms. The van der Waals surface area contributed by atoms with Gasteiger partial charge in [0, 0.05) is 29.4 Å². The zero-order chi connectivity index (χ0) is 11.5. The molecule has 1 fully saturated rings. The molecule has 0 amide bonds. The van der Waals surface area contributed by atoms with Gasteiger partial charge in [0.15, 0.2) is 0 Å². The van der Waals surface area contributed by atoms with Crippen LogP contribution in [0.4, 0.5) is 0 Å². The molecule has 0 spiro atoms. The zero-order valence-electron chi connectivity index (χ0n) is 9.52. The number of thioether (sulfide) groups is 1. The van der Waals surface area contributed by atoms with Crippen LogP contribution in [0.3, 0.4) is 0 Å². The molecule has 1 aliphatic rings.